The van der Waals surface area contributed by atoms with Gasteiger partial charge in [-0.3, -0.25) is 0 Å². The van der Waals surface area contributed by atoms with Crippen LogP contribution in [0.1, 0.15) is 60.8 Å². The van der Waals surface area contributed by atoms with Crippen LogP contribution in [0.15, 0.2) is 0 Å². The van der Waals surface area contributed by atoms with Crippen LogP contribution in [0.4, 0.5) is 0 Å². The van der Waals surface area contributed by atoms with Gasteiger partial charge in [-0.25, -0.2) is 0 Å². The van der Waals surface area contributed by atoms with Crippen molar-refractivity contribution in [2.24, 2.45) is 5.41 Å². The molecule has 0 spiro atoms. The van der Waals surface area contributed by atoms with Crippen LogP contribution >= 0.6 is 0 Å². The van der Waals surface area contributed by atoms with Crippen molar-refractivity contribution in [2.45, 2.75) is 66.4 Å². The van der Waals surface area contributed by atoms with Crippen LogP contribution in [-0.4, -0.2) is 12.2 Å². The highest BCUT2D eigenvalue weighted by Gasteiger charge is 2.41. The minimum absolute atomic E-state index is 0.0469. The minimum atomic E-state index is 0.0469. The summed E-state index contributed by atoms with van der Waals surface area (Å²) in [7, 11) is 0. The maximum absolute atomic E-state index is 5.93. The van der Waals surface area contributed by atoms with E-state index in [2.05, 4.69) is 41.5 Å². The van der Waals surface area contributed by atoms with E-state index in [-0.39, 0.29) is 5.60 Å². The van der Waals surface area contributed by atoms with Crippen molar-refractivity contribution in [1.29, 1.82) is 0 Å². The monoisotopic (exact) mass is 186 g/mol. The smallest absolute Gasteiger partial charge is 0.0704 e. The molecule has 0 aromatic heterocycles. The predicted octanol–water partition coefficient (Wildman–Crippen LogP) is 4.02. The fourth-order valence-electron chi connectivity index (χ4n) is 2.02. The Bertz CT molecular complexity index is 138. The molecule has 0 aromatic rings. The summed E-state index contributed by atoms with van der Waals surface area (Å²) < 4.78 is 5.93. The number of hydrogen-bond acceptors (Lipinski definition) is 1. The second-order valence-electron chi connectivity index (χ2n) is 4.29. The van der Waals surface area contributed by atoms with Crippen molar-refractivity contribution >= 4 is 0 Å². The van der Waals surface area contributed by atoms with Crippen LogP contribution in [0.25, 0.3) is 0 Å². The molecule has 0 saturated heterocycles. The van der Waals surface area contributed by atoms with Gasteiger partial charge in [0.15, 0.2) is 0 Å². The molecule has 1 heteroatoms. The van der Waals surface area contributed by atoms with Crippen molar-refractivity contribution in [3.8, 4) is 0 Å². The highest BCUT2D eigenvalue weighted by molar-refractivity contribution is 4.91. The van der Waals surface area contributed by atoms with Gasteiger partial charge in [0.05, 0.1) is 5.60 Å². The second-order valence-corrected chi connectivity index (χ2v) is 4.29. The molecule has 0 N–H and O–H groups in total. The van der Waals surface area contributed by atoms with Crippen LogP contribution in [0.3, 0.4) is 0 Å². The van der Waals surface area contributed by atoms with Crippen LogP contribution in [0, 0.1) is 5.41 Å². The van der Waals surface area contributed by atoms with Crippen molar-refractivity contribution in [2.75, 3.05) is 6.61 Å². The number of hydrogen-bond donors (Lipinski definition) is 0. The topological polar surface area (TPSA) is 9.23 Å². The van der Waals surface area contributed by atoms with Gasteiger partial charge < -0.3 is 4.74 Å². The molecule has 0 aliphatic rings. The molecule has 1 atom stereocenters. The lowest BCUT2D eigenvalue weighted by molar-refractivity contribution is -0.119. The molecule has 0 fully saturated rings. The molecule has 0 saturated carbocycles. The van der Waals surface area contributed by atoms with Gasteiger partial charge in [0.25, 0.3) is 0 Å². The van der Waals surface area contributed by atoms with E-state index in [0.717, 1.165) is 13.0 Å². The Kier molecular flexibility index (Phi) is 4.98. The van der Waals surface area contributed by atoms with Crippen molar-refractivity contribution in [1.82, 2.24) is 0 Å². The highest BCUT2D eigenvalue weighted by atomic mass is 16.5. The fourth-order valence-corrected chi connectivity index (χ4v) is 2.02. The zero-order valence-electron chi connectivity index (χ0n) is 10.2. The minimum Gasteiger partial charge on any atom is -0.375 e. The average molecular weight is 186 g/mol. The molecule has 0 amide bonds. The summed E-state index contributed by atoms with van der Waals surface area (Å²) >= 11 is 0. The summed E-state index contributed by atoms with van der Waals surface area (Å²) in [6.07, 6.45) is 3.47. The Morgan fingerprint density at radius 2 is 1.31 bits per heavy atom. The van der Waals surface area contributed by atoms with E-state index in [0.29, 0.717) is 5.41 Å². The Morgan fingerprint density at radius 3 is 1.54 bits per heavy atom. The van der Waals surface area contributed by atoms with Gasteiger partial charge in [0, 0.05) is 6.61 Å². The van der Waals surface area contributed by atoms with Crippen molar-refractivity contribution in [3.05, 3.63) is 0 Å². The van der Waals surface area contributed by atoms with Gasteiger partial charge in [-0.2, -0.15) is 0 Å². The predicted molar refractivity (Wildman–Crippen MR) is 59.0 cm³/mol. The third-order valence-electron chi connectivity index (χ3n) is 3.97. The van der Waals surface area contributed by atoms with Crippen molar-refractivity contribution < 1.29 is 4.74 Å². The largest absolute Gasteiger partial charge is 0.375 e. The Balaban J connectivity index is 4.68. The standard InChI is InChI=1S/C12H26O/c1-7-11(5,8-2)12(6,9-3)13-10-4/h7-10H2,1-6H3. The molecular weight excluding hydrogens is 160 g/mol. The summed E-state index contributed by atoms with van der Waals surface area (Å²) in [6, 6.07) is 0. The van der Waals surface area contributed by atoms with E-state index in [1.807, 2.05) is 0 Å². The molecule has 0 aliphatic carbocycles. The van der Waals surface area contributed by atoms with E-state index in [4.69, 9.17) is 4.74 Å². The first-order valence-corrected chi connectivity index (χ1v) is 5.63. The molecule has 80 valence electrons. The van der Waals surface area contributed by atoms with Crippen LogP contribution in [0.2, 0.25) is 0 Å². The zero-order chi connectivity index (χ0) is 10.5. The molecule has 0 heterocycles. The van der Waals surface area contributed by atoms with Gasteiger partial charge in [-0.15, -0.1) is 0 Å². The lowest BCUT2D eigenvalue weighted by atomic mass is 9.69. The summed E-state index contributed by atoms with van der Waals surface area (Å²) in [5.41, 5.74) is 0.364. The van der Waals surface area contributed by atoms with Crippen LogP contribution in [-0.2, 0) is 4.74 Å². The van der Waals surface area contributed by atoms with Crippen molar-refractivity contribution in [3.63, 3.8) is 0 Å². The molecule has 0 radical (unpaired) electrons. The summed E-state index contributed by atoms with van der Waals surface area (Å²) in [5.74, 6) is 0. The third-order valence-corrected chi connectivity index (χ3v) is 3.97. The third kappa shape index (κ3) is 2.46. The van der Waals surface area contributed by atoms with Crippen LogP contribution in [0.5, 0.6) is 0 Å². The lowest BCUT2D eigenvalue weighted by Crippen LogP contribution is -2.45. The Labute approximate surface area is 83.9 Å². The van der Waals surface area contributed by atoms with E-state index >= 15 is 0 Å². The molecule has 0 rings (SSSR count). The maximum atomic E-state index is 5.93. The fraction of sp³-hybridized carbons (Fsp3) is 1.00. The lowest BCUT2D eigenvalue weighted by Gasteiger charge is -2.45. The first-order chi connectivity index (χ1) is 5.99. The first-order valence-electron chi connectivity index (χ1n) is 5.63. The number of rotatable bonds is 6. The number of ether oxygens (including phenoxy) is 1. The maximum Gasteiger partial charge on any atom is 0.0704 e. The Hall–Kier alpha value is -0.0400. The second kappa shape index (κ2) is 4.99. The summed E-state index contributed by atoms with van der Waals surface area (Å²) in [4.78, 5) is 0. The summed E-state index contributed by atoms with van der Waals surface area (Å²) in [5, 5.41) is 0. The average Bonchev–Trinajstić information content (AvgIpc) is 2.16. The van der Waals surface area contributed by atoms with Gasteiger partial charge in [-0.1, -0.05) is 27.7 Å². The quantitative estimate of drug-likeness (QED) is 0.609. The van der Waals surface area contributed by atoms with E-state index in [9.17, 15) is 0 Å². The molecule has 0 bridgehead atoms. The van der Waals surface area contributed by atoms with Gasteiger partial charge in [-0.05, 0) is 38.5 Å². The molecule has 1 unspecified atom stereocenters. The summed E-state index contributed by atoms with van der Waals surface area (Å²) in [6.45, 7) is 14.2. The molecule has 0 aromatic carbocycles. The van der Waals surface area contributed by atoms with E-state index in [1.54, 1.807) is 0 Å². The SMILES string of the molecule is CCOC(C)(CC)C(C)(CC)CC. The van der Waals surface area contributed by atoms with E-state index < -0.39 is 0 Å². The highest BCUT2D eigenvalue weighted by Crippen LogP contribution is 2.42. The molecule has 1 nitrogen and oxygen atoms in total. The van der Waals surface area contributed by atoms with Gasteiger partial charge in [0.1, 0.15) is 0 Å². The molecular formula is C12H26O. The molecule has 13 heavy (non-hydrogen) atoms. The Morgan fingerprint density at radius 1 is 0.846 bits per heavy atom. The van der Waals surface area contributed by atoms with E-state index in [1.165, 1.54) is 12.8 Å². The molecule has 0 aliphatic heterocycles. The van der Waals surface area contributed by atoms with Crippen LogP contribution < -0.4 is 0 Å². The van der Waals surface area contributed by atoms with Gasteiger partial charge >= 0.3 is 0 Å². The normalized spacial score (nSPS) is 17.1. The zero-order valence-corrected chi connectivity index (χ0v) is 10.2. The van der Waals surface area contributed by atoms with Gasteiger partial charge in [0.2, 0.25) is 0 Å². The first kappa shape index (κ1) is 13.0.